The van der Waals surface area contributed by atoms with Gasteiger partial charge in [0.15, 0.2) is 0 Å². The molecule has 1 unspecified atom stereocenters. The van der Waals surface area contributed by atoms with Crippen molar-refractivity contribution in [2.24, 2.45) is 11.7 Å². The second-order valence-electron chi connectivity index (χ2n) is 5.04. The molecule has 1 fully saturated rings. The molecule has 0 bridgehead atoms. The summed E-state index contributed by atoms with van der Waals surface area (Å²) in [6, 6.07) is 1.69. The second kappa shape index (κ2) is 5.28. The van der Waals surface area contributed by atoms with E-state index in [1.54, 1.807) is 6.07 Å². The number of aryl methyl sites for hydroxylation is 1. The average molecular weight is 288 g/mol. The molecular formula is C12H20N2O2S2. The zero-order valence-electron chi connectivity index (χ0n) is 10.8. The smallest absolute Gasteiger partial charge is 0.241 e. The van der Waals surface area contributed by atoms with E-state index >= 15 is 0 Å². The molecule has 3 N–H and O–H groups in total. The van der Waals surface area contributed by atoms with Crippen molar-refractivity contribution < 1.29 is 8.42 Å². The van der Waals surface area contributed by atoms with Gasteiger partial charge < -0.3 is 5.73 Å². The van der Waals surface area contributed by atoms with E-state index in [1.165, 1.54) is 24.2 Å². The maximum atomic E-state index is 12.2. The lowest BCUT2D eigenvalue weighted by molar-refractivity contribution is 0.530. The second-order valence-corrected chi connectivity index (χ2v) is 8.06. The Kier molecular flexibility index (Phi) is 4.11. The summed E-state index contributed by atoms with van der Waals surface area (Å²) in [5.41, 5.74) is 5.55. The molecule has 18 heavy (non-hydrogen) atoms. The van der Waals surface area contributed by atoms with E-state index in [2.05, 4.69) is 4.72 Å². The monoisotopic (exact) mass is 288 g/mol. The summed E-state index contributed by atoms with van der Waals surface area (Å²) in [5, 5.41) is 0. The van der Waals surface area contributed by atoms with Gasteiger partial charge in [-0.05, 0) is 32.3 Å². The summed E-state index contributed by atoms with van der Waals surface area (Å²) in [5.74, 6) is 0.714. The van der Waals surface area contributed by atoms with Crippen molar-refractivity contribution in [3.63, 3.8) is 0 Å². The van der Waals surface area contributed by atoms with Crippen LogP contribution >= 0.6 is 11.3 Å². The lowest BCUT2D eigenvalue weighted by Gasteiger charge is -2.13. The zero-order chi connectivity index (χ0) is 13.3. The van der Waals surface area contributed by atoms with E-state index in [4.69, 9.17) is 5.73 Å². The maximum absolute atomic E-state index is 12.2. The molecule has 1 aliphatic rings. The normalized spacial score (nSPS) is 17.9. The molecule has 1 atom stereocenters. The Hall–Kier alpha value is -0.430. The Bertz CT molecular complexity index is 518. The van der Waals surface area contributed by atoms with Gasteiger partial charge in [-0.15, -0.1) is 11.3 Å². The number of thiophene rings is 1. The number of hydrogen-bond acceptors (Lipinski definition) is 4. The van der Waals surface area contributed by atoms with Crippen LogP contribution in [-0.4, -0.2) is 14.5 Å². The van der Waals surface area contributed by atoms with Gasteiger partial charge in [0.2, 0.25) is 10.0 Å². The first-order valence-electron chi connectivity index (χ1n) is 6.24. The van der Waals surface area contributed by atoms with Crippen LogP contribution in [0.25, 0.3) is 0 Å². The molecule has 2 rings (SSSR count). The van der Waals surface area contributed by atoms with Crippen molar-refractivity contribution in [3.05, 3.63) is 15.8 Å². The van der Waals surface area contributed by atoms with Crippen LogP contribution in [0.1, 0.15) is 35.9 Å². The highest BCUT2D eigenvalue weighted by atomic mass is 32.2. The fourth-order valence-electron chi connectivity index (χ4n) is 2.12. The number of sulfonamides is 1. The van der Waals surface area contributed by atoms with Gasteiger partial charge in [0, 0.05) is 22.3 Å². The summed E-state index contributed by atoms with van der Waals surface area (Å²) < 4.78 is 27.3. The molecule has 1 heterocycles. The van der Waals surface area contributed by atoms with Crippen molar-refractivity contribution >= 4 is 21.4 Å². The Morgan fingerprint density at radius 2 is 2.22 bits per heavy atom. The predicted molar refractivity (Wildman–Crippen MR) is 74.1 cm³/mol. The first kappa shape index (κ1) is 14.0. The maximum Gasteiger partial charge on any atom is 0.241 e. The summed E-state index contributed by atoms with van der Waals surface area (Å²) in [7, 11) is -3.39. The molecule has 0 aliphatic heterocycles. The van der Waals surface area contributed by atoms with E-state index in [0.29, 0.717) is 17.4 Å². The van der Waals surface area contributed by atoms with Crippen LogP contribution in [0.4, 0.5) is 0 Å². The SMILES string of the molecule is Cc1sc(CN)cc1S(=O)(=O)NC(C)CC1CC1. The molecule has 0 radical (unpaired) electrons. The highest BCUT2D eigenvalue weighted by Gasteiger charge is 2.27. The molecule has 0 aromatic carbocycles. The molecule has 102 valence electrons. The lowest BCUT2D eigenvalue weighted by Crippen LogP contribution is -2.33. The molecule has 6 heteroatoms. The molecule has 0 spiro atoms. The van der Waals surface area contributed by atoms with E-state index in [9.17, 15) is 8.42 Å². The van der Waals surface area contributed by atoms with Crippen LogP contribution in [0.15, 0.2) is 11.0 Å². The van der Waals surface area contributed by atoms with Gasteiger partial charge in [-0.2, -0.15) is 0 Å². The van der Waals surface area contributed by atoms with Crippen LogP contribution < -0.4 is 10.5 Å². The number of rotatable bonds is 6. The quantitative estimate of drug-likeness (QED) is 0.840. The minimum Gasteiger partial charge on any atom is -0.326 e. The van der Waals surface area contributed by atoms with Gasteiger partial charge in [-0.1, -0.05) is 12.8 Å². The average Bonchev–Trinajstić information content (AvgIpc) is 2.97. The van der Waals surface area contributed by atoms with Crippen LogP contribution in [0.5, 0.6) is 0 Å². The lowest BCUT2D eigenvalue weighted by atomic mass is 10.2. The Balaban J connectivity index is 2.10. The standard InChI is InChI=1S/C12H20N2O2S2/c1-8(5-10-3-4-10)14-18(15,16)12-6-11(7-13)17-9(12)2/h6,8,10,14H,3-5,7,13H2,1-2H3. The van der Waals surface area contributed by atoms with Crippen LogP contribution in [0.3, 0.4) is 0 Å². The summed E-state index contributed by atoms with van der Waals surface area (Å²) >= 11 is 1.45. The Labute approximate surface area is 113 Å². The summed E-state index contributed by atoms with van der Waals surface area (Å²) in [6.07, 6.45) is 3.41. The highest BCUT2D eigenvalue weighted by molar-refractivity contribution is 7.89. The summed E-state index contributed by atoms with van der Waals surface area (Å²) in [6.45, 7) is 4.14. The molecule has 0 amide bonds. The van der Waals surface area contributed by atoms with Crippen molar-refractivity contribution in [3.8, 4) is 0 Å². The molecule has 1 aliphatic carbocycles. The van der Waals surface area contributed by atoms with Gasteiger partial charge >= 0.3 is 0 Å². The first-order chi connectivity index (χ1) is 8.42. The van der Waals surface area contributed by atoms with Crippen molar-refractivity contribution in [1.29, 1.82) is 0 Å². The van der Waals surface area contributed by atoms with Gasteiger partial charge in [0.1, 0.15) is 0 Å². The van der Waals surface area contributed by atoms with E-state index in [-0.39, 0.29) is 6.04 Å². The largest absolute Gasteiger partial charge is 0.326 e. The van der Waals surface area contributed by atoms with Gasteiger partial charge in [0.25, 0.3) is 0 Å². The minimum absolute atomic E-state index is 0.00289. The predicted octanol–water partition coefficient (Wildman–Crippen LogP) is 1.98. The Morgan fingerprint density at radius 3 is 2.72 bits per heavy atom. The molecule has 4 nitrogen and oxygen atoms in total. The number of hydrogen-bond donors (Lipinski definition) is 2. The molecule has 1 aromatic heterocycles. The van der Waals surface area contributed by atoms with E-state index < -0.39 is 10.0 Å². The molecular weight excluding hydrogens is 268 g/mol. The van der Waals surface area contributed by atoms with E-state index in [1.807, 2.05) is 13.8 Å². The minimum atomic E-state index is -3.39. The molecule has 1 saturated carbocycles. The summed E-state index contributed by atoms with van der Waals surface area (Å²) in [4.78, 5) is 2.10. The van der Waals surface area contributed by atoms with Crippen molar-refractivity contribution in [2.45, 2.75) is 50.6 Å². The zero-order valence-corrected chi connectivity index (χ0v) is 12.4. The topological polar surface area (TPSA) is 72.2 Å². The van der Waals surface area contributed by atoms with Crippen LogP contribution in [0, 0.1) is 12.8 Å². The fourth-order valence-corrected chi connectivity index (χ4v) is 4.89. The van der Waals surface area contributed by atoms with Crippen LogP contribution in [-0.2, 0) is 16.6 Å². The first-order valence-corrected chi connectivity index (χ1v) is 8.54. The third-order valence-electron chi connectivity index (χ3n) is 3.15. The van der Waals surface area contributed by atoms with Crippen LogP contribution in [0.2, 0.25) is 0 Å². The highest BCUT2D eigenvalue weighted by Crippen LogP contribution is 2.34. The molecule has 0 saturated heterocycles. The molecule has 1 aromatic rings. The van der Waals surface area contributed by atoms with E-state index in [0.717, 1.165) is 16.2 Å². The Morgan fingerprint density at radius 1 is 1.56 bits per heavy atom. The number of nitrogens with one attached hydrogen (secondary N) is 1. The number of nitrogens with two attached hydrogens (primary N) is 1. The van der Waals surface area contributed by atoms with Gasteiger partial charge in [-0.3, -0.25) is 0 Å². The third kappa shape index (κ3) is 3.32. The van der Waals surface area contributed by atoms with Gasteiger partial charge in [0.05, 0.1) is 4.90 Å². The van der Waals surface area contributed by atoms with Crippen molar-refractivity contribution in [1.82, 2.24) is 4.72 Å². The third-order valence-corrected chi connectivity index (χ3v) is 6.07. The van der Waals surface area contributed by atoms with Gasteiger partial charge in [-0.25, -0.2) is 13.1 Å². The fraction of sp³-hybridized carbons (Fsp3) is 0.667. The van der Waals surface area contributed by atoms with Crippen molar-refractivity contribution in [2.75, 3.05) is 0 Å².